The number of methoxy groups -OCH3 is 1. The van der Waals surface area contributed by atoms with Crippen molar-refractivity contribution in [1.82, 2.24) is 9.97 Å². The van der Waals surface area contributed by atoms with Crippen LogP contribution >= 0.6 is 0 Å². The number of hydrogen-bond donors (Lipinski definition) is 0. The number of nitrogens with zero attached hydrogens (tertiary/aromatic N) is 2. The standard InChI is InChI=1S/C13H10F2N2O2/c1-7-3-4-8(12(15)11(7)14)13(18)9-5-10(19-2)17-6-16-9/h3-6H,1-2H3. The van der Waals surface area contributed by atoms with Gasteiger partial charge in [0.2, 0.25) is 11.7 Å². The van der Waals surface area contributed by atoms with Crippen LogP contribution in [0.15, 0.2) is 24.5 Å². The minimum atomic E-state index is -1.18. The van der Waals surface area contributed by atoms with E-state index in [2.05, 4.69) is 9.97 Å². The lowest BCUT2D eigenvalue weighted by atomic mass is 10.0. The molecule has 0 spiro atoms. The average Bonchev–Trinajstić information content (AvgIpc) is 2.44. The van der Waals surface area contributed by atoms with Gasteiger partial charge >= 0.3 is 0 Å². The van der Waals surface area contributed by atoms with Crippen LogP contribution in [0.2, 0.25) is 0 Å². The van der Waals surface area contributed by atoms with E-state index in [0.29, 0.717) is 0 Å². The highest BCUT2D eigenvalue weighted by Crippen LogP contribution is 2.19. The highest BCUT2D eigenvalue weighted by Gasteiger charge is 2.20. The lowest BCUT2D eigenvalue weighted by Crippen LogP contribution is -2.09. The Labute approximate surface area is 108 Å². The molecule has 0 aliphatic carbocycles. The second kappa shape index (κ2) is 5.09. The molecule has 0 atom stereocenters. The van der Waals surface area contributed by atoms with Crippen molar-refractivity contribution in [2.45, 2.75) is 6.92 Å². The minimum Gasteiger partial charge on any atom is -0.481 e. The third-order valence-corrected chi connectivity index (χ3v) is 2.60. The highest BCUT2D eigenvalue weighted by molar-refractivity contribution is 6.08. The van der Waals surface area contributed by atoms with Crippen molar-refractivity contribution in [2.24, 2.45) is 0 Å². The zero-order valence-electron chi connectivity index (χ0n) is 10.3. The molecule has 0 bridgehead atoms. The maximum absolute atomic E-state index is 13.7. The van der Waals surface area contributed by atoms with Gasteiger partial charge in [0.05, 0.1) is 12.7 Å². The van der Waals surface area contributed by atoms with Gasteiger partial charge in [-0.15, -0.1) is 0 Å². The van der Waals surface area contributed by atoms with Crippen molar-refractivity contribution in [3.8, 4) is 5.88 Å². The van der Waals surface area contributed by atoms with Crippen molar-refractivity contribution in [2.75, 3.05) is 7.11 Å². The predicted molar refractivity (Wildman–Crippen MR) is 63.1 cm³/mol. The number of ketones is 1. The summed E-state index contributed by atoms with van der Waals surface area (Å²) in [7, 11) is 1.38. The van der Waals surface area contributed by atoms with Crippen LogP contribution in [0.5, 0.6) is 5.88 Å². The largest absolute Gasteiger partial charge is 0.481 e. The second-order valence-electron chi connectivity index (χ2n) is 3.83. The third kappa shape index (κ3) is 2.42. The molecule has 0 radical (unpaired) electrons. The number of benzene rings is 1. The Hall–Kier alpha value is -2.37. The van der Waals surface area contributed by atoms with Crippen LogP contribution in [0.4, 0.5) is 8.78 Å². The number of aromatic nitrogens is 2. The maximum atomic E-state index is 13.7. The molecular formula is C13H10F2N2O2. The number of ether oxygens (including phenoxy) is 1. The van der Waals surface area contributed by atoms with E-state index in [1.54, 1.807) is 0 Å². The van der Waals surface area contributed by atoms with Crippen LogP contribution in [0.25, 0.3) is 0 Å². The van der Waals surface area contributed by atoms with Crippen LogP contribution in [-0.4, -0.2) is 22.9 Å². The Bertz CT molecular complexity index is 645. The van der Waals surface area contributed by atoms with Crippen molar-refractivity contribution in [3.05, 3.63) is 53.0 Å². The summed E-state index contributed by atoms with van der Waals surface area (Å²) in [6.07, 6.45) is 1.12. The quantitative estimate of drug-likeness (QED) is 0.798. The van der Waals surface area contributed by atoms with Crippen molar-refractivity contribution < 1.29 is 18.3 Å². The summed E-state index contributed by atoms with van der Waals surface area (Å²) in [5.74, 6) is -2.77. The molecule has 0 aliphatic rings. The van der Waals surface area contributed by atoms with Crippen LogP contribution in [0.1, 0.15) is 21.6 Å². The van der Waals surface area contributed by atoms with E-state index >= 15 is 0 Å². The Morgan fingerprint density at radius 3 is 2.63 bits per heavy atom. The third-order valence-electron chi connectivity index (χ3n) is 2.60. The Balaban J connectivity index is 2.47. The maximum Gasteiger partial charge on any atom is 0.216 e. The molecule has 98 valence electrons. The molecule has 2 aromatic rings. The molecule has 1 heterocycles. The molecule has 1 aromatic heterocycles. The number of carbonyl (C=O) groups excluding carboxylic acids is 1. The topological polar surface area (TPSA) is 52.1 Å². The molecule has 0 amide bonds. The fraction of sp³-hybridized carbons (Fsp3) is 0.154. The van der Waals surface area contributed by atoms with E-state index in [9.17, 15) is 13.6 Å². The summed E-state index contributed by atoms with van der Waals surface area (Å²) >= 11 is 0. The zero-order chi connectivity index (χ0) is 14.0. The molecule has 4 nitrogen and oxygen atoms in total. The number of aryl methyl sites for hydroxylation is 1. The first-order chi connectivity index (χ1) is 9.04. The Kier molecular flexibility index (Phi) is 3.50. The first-order valence-corrected chi connectivity index (χ1v) is 5.40. The van der Waals surface area contributed by atoms with Crippen LogP contribution < -0.4 is 4.74 Å². The summed E-state index contributed by atoms with van der Waals surface area (Å²) in [5, 5.41) is 0. The van der Waals surface area contributed by atoms with E-state index in [4.69, 9.17) is 4.74 Å². The van der Waals surface area contributed by atoms with Gasteiger partial charge in [0.15, 0.2) is 11.6 Å². The van der Waals surface area contributed by atoms with Crippen molar-refractivity contribution >= 4 is 5.78 Å². The monoisotopic (exact) mass is 264 g/mol. The molecule has 1 aromatic carbocycles. The molecule has 6 heteroatoms. The van der Waals surface area contributed by atoms with Gasteiger partial charge in [-0.3, -0.25) is 4.79 Å². The number of hydrogen-bond acceptors (Lipinski definition) is 4. The zero-order valence-corrected chi connectivity index (χ0v) is 10.3. The smallest absolute Gasteiger partial charge is 0.216 e. The first kappa shape index (κ1) is 13.1. The fourth-order valence-corrected chi connectivity index (χ4v) is 1.53. The summed E-state index contributed by atoms with van der Waals surface area (Å²) in [6.45, 7) is 1.42. The highest BCUT2D eigenvalue weighted by atomic mass is 19.2. The van der Waals surface area contributed by atoms with Crippen LogP contribution in [0.3, 0.4) is 0 Å². The molecule has 19 heavy (non-hydrogen) atoms. The van der Waals surface area contributed by atoms with E-state index in [1.807, 2.05) is 0 Å². The summed E-state index contributed by atoms with van der Waals surface area (Å²) in [5.41, 5.74) is -0.299. The normalized spacial score (nSPS) is 10.3. The lowest BCUT2D eigenvalue weighted by molar-refractivity contribution is 0.102. The number of rotatable bonds is 3. The van der Waals surface area contributed by atoms with E-state index < -0.39 is 17.4 Å². The molecule has 0 saturated heterocycles. The second-order valence-corrected chi connectivity index (χ2v) is 3.83. The molecule has 0 fully saturated rings. The number of carbonyl (C=O) groups is 1. The van der Waals surface area contributed by atoms with Gasteiger partial charge in [0, 0.05) is 6.07 Å². The Morgan fingerprint density at radius 2 is 1.95 bits per heavy atom. The molecular weight excluding hydrogens is 254 g/mol. The van der Waals surface area contributed by atoms with Gasteiger partial charge < -0.3 is 4.74 Å². The van der Waals surface area contributed by atoms with Gasteiger partial charge in [0.25, 0.3) is 0 Å². The predicted octanol–water partition coefficient (Wildman–Crippen LogP) is 2.30. The molecule has 0 N–H and O–H groups in total. The van der Waals surface area contributed by atoms with E-state index in [-0.39, 0.29) is 22.7 Å². The summed E-state index contributed by atoms with van der Waals surface area (Å²) in [6, 6.07) is 3.83. The average molecular weight is 264 g/mol. The molecule has 0 unspecified atom stereocenters. The first-order valence-electron chi connectivity index (χ1n) is 5.40. The van der Waals surface area contributed by atoms with E-state index in [0.717, 1.165) is 6.33 Å². The molecule has 0 aliphatic heterocycles. The number of halogens is 2. The van der Waals surface area contributed by atoms with Crippen LogP contribution in [0, 0.1) is 18.6 Å². The van der Waals surface area contributed by atoms with Crippen molar-refractivity contribution in [3.63, 3.8) is 0 Å². The van der Waals surface area contributed by atoms with Gasteiger partial charge in [0.1, 0.15) is 12.0 Å². The minimum absolute atomic E-state index is 0.0611. The van der Waals surface area contributed by atoms with E-state index in [1.165, 1.54) is 32.2 Å². The van der Waals surface area contributed by atoms with Crippen molar-refractivity contribution in [1.29, 1.82) is 0 Å². The lowest BCUT2D eigenvalue weighted by Gasteiger charge is -2.05. The Morgan fingerprint density at radius 1 is 1.21 bits per heavy atom. The summed E-state index contributed by atoms with van der Waals surface area (Å²) < 4.78 is 32.0. The van der Waals surface area contributed by atoms with Gasteiger partial charge in [-0.25, -0.2) is 18.7 Å². The van der Waals surface area contributed by atoms with Gasteiger partial charge in [-0.2, -0.15) is 0 Å². The fourth-order valence-electron chi connectivity index (χ4n) is 1.53. The summed E-state index contributed by atoms with van der Waals surface area (Å²) in [4.78, 5) is 19.5. The van der Waals surface area contributed by atoms with Crippen LogP contribution in [-0.2, 0) is 0 Å². The van der Waals surface area contributed by atoms with Gasteiger partial charge in [-0.05, 0) is 18.6 Å². The van der Waals surface area contributed by atoms with Gasteiger partial charge in [-0.1, -0.05) is 6.07 Å². The molecule has 0 saturated carbocycles. The molecule has 2 rings (SSSR count). The SMILES string of the molecule is COc1cc(C(=O)c2ccc(C)c(F)c2F)ncn1.